The van der Waals surface area contributed by atoms with E-state index in [0.29, 0.717) is 11.2 Å². The first kappa shape index (κ1) is 31.0. The van der Waals surface area contributed by atoms with Gasteiger partial charge in [0.25, 0.3) is 0 Å². The topological polar surface area (TPSA) is 6.48 Å². The molecule has 0 fully saturated rings. The van der Waals surface area contributed by atoms with Crippen LogP contribution in [0.3, 0.4) is 0 Å². The average Bonchev–Trinajstić information content (AvgIpc) is 3.79. The Hall–Kier alpha value is -5.81. The highest BCUT2D eigenvalue weighted by Crippen LogP contribution is 2.52. The molecule has 0 bridgehead atoms. The van der Waals surface area contributed by atoms with E-state index >= 15 is 0 Å². The van der Waals surface area contributed by atoms with Crippen LogP contribution in [0.4, 0.5) is 34.1 Å². The summed E-state index contributed by atoms with van der Waals surface area (Å²) in [4.78, 5) is 6.22. The maximum Gasteiger partial charge on any atom is 0.0640 e. The third kappa shape index (κ3) is 5.34. The van der Waals surface area contributed by atoms with E-state index in [4.69, 9.17) is 0 Å². The van der Waals surface area contributed by atoms with Gasteiger partial charge in [-0.3, -0.25) is 0 Å². The van der Waals surface area contributed by atoms with Crippen LogP contribution in [-0.2, 0) is 0 Å². The molecule has 0 amide bonds. The van der Waals surface area contributed by atoms with E-state index in [2.05, 4.69) is 204 Å². The first-order chi connectivity index (χ1) is 25.8. The molecule has 1 aliphatic carbocycles. The van der Waals surface area contributed by atoms with E-state index in [1.165, 1.54) is 58.8 Å². The van der Waals surface area contributed by atoms with Crippen LogP contribution in [0.1, 0.15) is 11.5 Å². The lowest BCUT2D eigenvalue weighted by atomic mass is 9.92. The molecular formula is C48H34N2S2. The number of hydrogen-bond donors (Lipinski definition) is 0. The molecule has 0 saturated heterocycles. The minimum Gasteiger partial charge on any atom is -0.310 e. The second kappa shape index (κ2) is 13.1. The number of thioether (sulfide) groups is 1. The number of para-hydroxylation sites is 2. The van der Waals surface area contributed by atoms with E-state index in [0.717, 1.165) is 17.1 Å². The van der Waals surface area contributed by atoms with Gasteiger partial charge in [0.05, 0.1) is 16.1 Å². The molecule has 52 heavy (non-hydrogen) atoms. The van der Waals surface area contributed by atoms with Crippen molar-refractivity contribution in [1.29, 1.82) is 0 Å². The maximum atomic E-state index is 2.45. The number of fused-ring (bicyclic) bond motifs is 6. The van der Waals surface area contributed by atoms with Crippen molar-refractivity contribution in [3.05, 3.63) is 200 Å². The molecule has 2 atom stereocenters. The number of benzene rings is 7. The highest BCUT2D eigenvalue weighted by atomic mass is 32.2. The summed E-state index contributed by atoms with van der Waals surface area (Å²) in [6.45, 7) is 0. The number of nitrogens with zero attached hydrogens (tertiary/aromatic N) is 2. The Labute approximate surface area is 312 Å². The van der Waals surface area contributed by atoms with Crippen LogP contribution in [0, 0.1) is 0 Å². The Kier molecular flexibility index (Phi) is 7.78. The fraction of sp³-hybridized carbons (Fsp3) is 0.0417. The molecule has 4 heteroatoms. The van der Waals surface area contributed by atoms with Gasteiger partial charge in [-0.25, -0.2) is 0 Å². The van der Waals surface area contributed by atoms with Crippen molar-refractivity contribution < 1.29 is 0 Å². The number of hydrogen-bond acceptors (Lipinski definition) is 4. The smallest absolute Gasteiger partial charge is 0.0640 e. The predicted octanol–water partition coefficient (Wildman–Crippen LogP) is 14.3. The van der Waals surface area contributed by atoms with Crippen LogP contribution in [0.5, 0.6) is 0 Å². The third-order valence-electron chi connectivity index (χ3n) is 10.2. The van der Waals surface area contributed by atoms with E-state index < -0.39 is 0 Å². The summed E-state index contributed by atoms with van der Waals surface area (Å²) >= 11 is 3.86. The third-order valence-corrected chi connectivity index (χ3v) is 12.7. The summed E-state index contributed by atoms with van der Waals surface area (Å²) in [5.41, 5.74) is 10.8. The normalized spacial score (nSPS) is 15.8. The van der Waals surface area contributed by atoms with Gasteiger partial charge in [0.15, 0.2) is 0 Å². The van der Waals surface area contributed by atoms with Crippen molar-refractivity contribution in [3.8, 4) is 11.1 Å². The van der Waals surface area contributed by atoms with Crippen LogP contribution >= 0.6 is 23.1 Å². The number of thiophene rings is 1. The minimum absolute atomic E-state index is 0.441. The lowest BCUT2D eigenvalue weighted by Gasteiger charge is -2.27. The molecule has 2 unspecified atom stereocenters. The molecule has 8 aromatic rings. The Balaban J connectivity index is 1.14. The van der Waals surface area contributed by atoms with Crippen molar-refractivity contribution in [2.24, 2.45) is 0 Å². The second-order valence-corrected chi connectivity index (χ2v) is 15.5. The zero-order valence-corrected chi connectivity index (χ0v) is 30.0. The molecule has 1 aliphatic heterocycles. The Bertz CT molecular complexity index is 2610. The van der Waals surface area contributed by atoms with E-state index in [-0.39, 0.29) is 0 Å². The monoisotopic (exact) mass is 702 g/mol. The van der Waals surface area contributed by atoms with E-state index in [9.17, 15) is 0 Å². The van der Waals surface area contributed by atoms with Crippen LogP contribution < -0.4 is 9.80 Å². The second-order valence-electron chi connectivity index (χ2n) is 13.3. The van der Waals surface area contributed by atoms with Gasteiger partial charge in [0.1, 0.15) is 0 Å². The molecule has 7 aromatic carbocycles. The summed E-state index contributed by atoms with van der Waals surface area (Å²) in [6.07, 6.45) is 9.07. The van der Waals surface area contributed by atoms with Crippen LogP contribution in [0.15, 0.2) is 199 Å². The summed E-state index contributed by atoms with van der Waals surface area (Å²) in [6, 6.07) is 61.8. The molecule has 0 spiro atoms. The number of rotatable bonds is 7. The Morgan fingerprint density at radius 3 is 1.81 bits per heavy atom. The summed E-state index contributed by atoms with van der Waals surface area (Å²) < 4.78 is 2.54. The lowest BCUT2D eigenvalue weighted by Crippen LogP contribution is -2.11. The molecule has 10 rings (SSSR count). The minimum atomic E-state index is 0.441. The predicted molar refractivity (Wildman–Crippen MR) is 225 cm³/mol. The number of anilines is 6. The van der Waals surface area contributed by atoms with Gasteiger partial charge in [-0.15, -0.1) is 23.1 Å². The Morgan fingerprint density at radius 2 is 1.06 bits per heavy atom. The first-order valence-electron chi connectivity index (χ1n) is 17.8. The van der Waals surface area contributed by atoms with Crippen molar-refractivity contribution in [2.45, 2.75) is 16.1 Å². The largest absolute Gasteiger partial charge is 0.310 e. The zero-order valence-electron chi connectivity index (χ0n) is 28.3. The standard InChI is InChI=1S/C48H34N2S2/c1-4-14-33(15-5-1)34-26-28-37(29-27-34)49(35-16-6-2-7-17-35)42-22-13-25-45-47(42)41-21-12-23-43(48(41)52-45)50(36-18-8-3-9-19-36)38-30-31-40-39-20-10-11-24-44(39)51-46(40)32-38/h1-32,39,44H. The van der Waals surface area contributed by atoms with E-state index in [1.54, 1.807) is 0 Å². The van der Waals surface area contributed by atoms with Crippen LogP contribution in [0.2, 0.25) is 0 Å². The first-order valence-corrected chi connectivity index (χ1v) is 19.5. The van der Waals surface area contributed by atoms with Crippen LogP contribution in [0.25, 0.3) is 31.3 Å². The van der Waals surface area contributed by atoms with Gasteiger partial charge >= 0.3 is 0 Å². The van der Waals surface area contributed by atoms with E-state index in [1.807, 2.05) is 23.1 Å². The zero-order chi connectivity index (χ0) is 34.4. The Morgan fingerprint density at radius 1 is 0.462 bits per heavy atom. The molecular weight excluding hydrogens is 669 g/mol. The molecule has 0 N–H and O–H groups in total. The maximum absolute atomic E-state index is 2.45. The van der Waals surface area contributed by atoms with Crippen molar-refractivity contribution in [2.75, 3.05) is 9.80 Å². The average molecular weight is 703 g/mol. The molecule has 0 radical (unpaired) electrons. The highest BCUT2D eigenvalue weighted by molar-refractivity contribution is 8.00. The molecule has 2 heterocycles. The highest BCUT2D eigenvalue weighted by Gasteiger charge is 2.32. The van der Waals surface area contributed by atoms with Crippen molar-refractivity contribution in [1.82, 2.24) is 0 Å². The summed E-state index contributed by atoms with van der Waals surface area (Å²) in [5.74, 6) is 0.441. The van der Waals surface area contributed by atoms with Gasteiger partial charge in [0, 0.05) is 54.3 Å². The van der Waals surface area contributed by atoms with Crippen molar-refractivity contribution in [3.63, 3.8) is 0 Å². The van der Waals surface area contributed by atoms with Gasteiger partial charge in [0.2, 0.25) is 0 Å². The lowest BCUT2D eigenvalue weighted by molar-refractivity contribution is 0.881. The van der Waals surface area contributed by atoms with Gasteiger partial charge < -0.3 is 9.80 Å². The van der Waals surface area contributed by atoms with Gasteiger partial charge in [-0.1, -0.05) is 127 Å². The van der Waals surface area contributed by atoms with Gasteiger partial charge in [-0.05, 0) is 83.4 Å². The number of allylic oxidation sites excluding steroid dienone is 3. The van der Waals surface area contributed by atoms with Crippen molar-refractivity contribution >= 4 is 77.4 Å². The fourth-order valence-electron chi connectivity index (χ4n) is 7.78. The quantitative estimate of drug-likeness (QED) is 0.163. The SMILES string of the molecule is C1=CC2Sc3cc(N(c4ccccc4)c4cccc5c4sc4cccc(N(c6ccccc6)c6ccc(-c7ccccc7)cc6)c45)ccc3C2C=C1. The molecule has 2 aliphatic rings. The summed E-state index contributed by atoms with van der Waals surface area (Å²) in [7, 11) is 0. The summed E-state index contributed by atoms with van der Waals surface area (Å²) in [5, 5.41) is 2.99. The molecule has 0 saturated carbocycles. The molecule has 2 nitrogen and oxygen atoms in total. The fourth-order valence-corrected chi connectivity index (χ4v) is 10.4. The van der Waals surface area contributed by atoms with Crippen LogP contribution in [-0.4, -0.2) is 5.25 Å². The van der Waals surface area contributed by atoms with Gasteiger partial charge in [-0.2, -0.15) is 0 Å². The molecule has 248 valence electrons. The molecule has 1 aromatic heterocycles.